The van der Waals surface area contributed by atoms with Crippen molar-refractivity contribution in [3.63, 3.8) is 0 Å². The van der Waals surface area contributed by atoms with E-state index in [9.17, 15) is 0 Å². The van der Waals surface area contributed by atoms with Crippen molar-refractivity contribution in [2.75, 3.05) is 0 Å². The maximum atomic E-state index is 6.12. The Kier molecular flexibility index (Phi) is 3.54. The number of nitrogens with zero attached hydrogens (tertiary/aromatic N) is 3. The molecule has 0 radical (unpaired) electrons. The average Bonchev–Trinajstić information content (AvgIpc) is 2.74. The zero-order valence-electron chi connectivity index (χ0n) is 10.3. The third-order valence-corrected chi connectivity index (χ3v) is 2.99. The van der Waals surface area contributed by atoms with E-state index in [0.717, 1.165) is 18.5 Å². The summed E-state index contributed by atoms with van der Waals surface area (Å²) in [6, 6.07) is 8.57. The van der Waals surface area contributed by atoms with Gasteiger partial charge in [0, 0.05) is 13.1 Å². The van der Waals surface area contributed by atoms with Crippen LogP contribution in [-0.4, -0.2) is 15.0 Å². The maximum Gasteiger partial charge on any atom is 0.0751 e. The Labute approximate surface area is 101 Å². The molecule has 0 spiro atoms. The van der Waals surface area contributed by atoms with Crippen LogP contribution in [0.25, 0.3) is 0 Å². The molecule has 1 atom stereocenters. The molecule has 0 saturated heterocycles. The van der Waals surface area contributed by atoms with Crippen LogP contribution in [0.2, 0.25) is 0 Å². The highest BCUT2D eigenvalue weighted by molar-refractivity contribution is 5.21. The van der Waals surface area contributed by atoms with Gasteiger partial charge in [0.15, 0.2) is 0 Å². The van der Waals surface area contributed by atoms with Crippen LogP contribution in [0.4, 0.5) is 0 Å². The number of hydrogen-bond donors (Lipinski definition) is 1. The van der Waals surface area contributed by atoms with Crippen molar-refractivity contribution in [2.24, 2.45) is 12.8 Å². The predicted molar refractivity (Wildman–Crippen MR) is 67.4 cm³/mol. The zero-order chi connectivity index (χ0) is 12.3. The minimum atomic E-state index is -0.00342. The van der Waals surface area contributed by atoms with Gasteiger partial charge in [0.1, 0.15) is 0 Å². The third kappa shape index (κ3) is 2.91. The molecule has 0 aliphatic rings. The zero-order valence-corrected chi connectivity index (χ0v) is 10.3. The van der Waals surface area contributed by atoms with Crippen LogP contribution < -0.4 is 5.73 Å². The average molecular weight is 230 g/mol. The molecule has 0 bridgehead atoms. The summed E-state index contributed by atoms with van der Waals surface area (Å²) in [4.78, 5) is 0. The molecule has 1 unspecified atom stereocenters. The Morgan fingerprint density at radius 3 is 2.59 bits per heavy atom. The maximum absolute atomic E-state index is 6.12. The van der Waals surface area contributed by atoms with Gasteiger partial charge in [-0.1, -0.05) is 35.0 Å². The van der Waals surface area contributed by atoms with Crippen molar-refractivity contribution in [1.82, 2.24) is 15.0 Å². The summed E-state index contributed by atoms with van der Waals surface area (Å²) in [6.07, 6.45) is 3.62. The second kappa shape index (κ2) is 5.10. The van der Waals surface area contributed by atoms with Gasteiger partial charge in [0.05, 0.1) is 11.9 Å². The van der Waals surface area contributed by atoms with E-state index < -0.39 is 0 Å². The monoisotopic (exact) mass is 230 g/mol. The van der Waals surface area contributed by atoms with Crippen LogP contribution in [0.5, 0.6) is 0 Å². The highest BCUT2D eigenvalue weighted by Gasteiger charge is 2.10. The molecule has 4 nitrogen and oxygen atoms in total. The summed E-state index contributed by atoms with van der Waals surface area (Å²) in [5.41, 5.74) is 9.71. The highest BCUT2D eigenvalue weighted by atomic mass is 15.4. The van der Waals surface area contributed by atoms with E-state index in [1.165, 1.54) is 11.1 Å². The summed E-state index contributed by atoms with van der Waals surface area (Å²) in [5, 5.41) is 7.73. The number of aromatic nitrogens is 3. The Hall–Kier alpha value is -1.68. The molecular weight excluding hydrogens is 212 g/mol. The summed E-state index contributed by atoms with van der Waals surface area (Å²) in [6.45, 7) is 2.09. The lowest BCUT2D eigenvalue weighted by Crippen LogP contribution is -2.15. The van der Waals surface area contributed by atoms with Gasteiger partial charge < -0.3 is 5.73 Å². The highest BCUT2D eigenvalue weighted by Crippen LogP contribution is 2.15. The summed E-state index contributed by atoms with van der Waals surface area (Å²) in [5.74, 6) is 0. The number of benzene rings is 1. The molecule has 0 fully saturated rings. The van der Waals surface area contributed by atoms with Gasteiger partial charge in [0.2, 0.25) is 0 Å². The van der Waals surface area contributed by atoms with Gasteiger partial charge in [-0.2, -0.15) is 0 Å². The van der Waals surface area contributed by atoms with Crippen LogP contribution in [0.3, 0.4) is 0 Å². The van der Waals surface area contributed by atoms with Gasteiger partial charge in [-0.25, -0.2) is 0 Å². The third-order valence-electron chi connectivity index (χ3n) is 2.99. The Balaban J connectivity index is 1.94. The van der Waals surface area contributed by atoms with E-state index in [-0.39, 0.29) is 6.04 Å². The fraction of sp³-hybridized carbons (Fsp3) is 0.385. The summed E-state index contributed by atoms with van der Waals surface area (Å²) < 4.78 is 1.74. The quantitative estimate of drug-likeness (QED) is 0.870. The predicted octanol–water partition coefficient (Wildman–Crippen LogP) is 1.76. The fourth-order valence-electron chi connectivity index (χ4n) is 1.86. The molecule has 0 amide bonds. The smallest absolute Gasteiger partial charge is 0.0751 e. The lowest BCUT2D eigenvalue weighted by Gasteiger charge is -2.11. The summed E-state index contributed by atoms with van der Waals surface area (Å²) >= 11 is 0. The van der Waals surface area contributed by atoms with E-state index in [1.807, 2.05) is 7.05 Å². The van der Waals surface area contributed by atoms with Crippen molar-refractivity contribution < 1.29 is 0 Å². The first kappa shape index (κ1) is 11.8. The van der Waals surface area contributed by atoms with Gasteiger partial charge in [-0.15, -0.1) is 5.10 Å². The lowest BCUT2D eigenvalue weighted by molar-refractivity contribution is 0.576. The molecule has 17 heavy (non-hydrogen) atoms. The molecule has 1 aromatic carbocycles. The molecule has 1 heterocycles. The first-order chi connectivity index (χ1) is 8.16. The van der Waals surface area contributed by atoms with Crippen LogP contribution in [-0.2, 0) is 13.5 Å². The molecule has 0 aliphatic heterocycles. The number of hydrogen-bond acceptors (Lipinski definition) is 3. The Morgan fingerprint density at radius 1 is 1.29 bits per heavy atom. The SMILES string of the molecule is Cc1ccc(CCC(N)c2cnnn2C)cc1. The van der Waals surface area contributed by atoms with Crippen molar-refractivity contribution in [1.29, 1.82) is 0 Å². The summed E-state index contributed by atoms with van der Waals surface area (Å²) in [7, 11) is 1.87. The standard InChI is InChI=1S/C13H18N4/c1-10-3-5-11(6-4-10)7-8-12(14)13-9-15-16-17(13)2/h3-6,9,12H,7-8,14H2,1-2H3. The largest absolute Gasteiger partial charge is 0.323 e. The van der Waals surface area contributed by atoms with Crippen molar-refractivity contribution in [3.05, 3.63) is 47.3 Å². The molecular formula is C13H18N4. The first-order valence-electron chi connectivity index (χ1n) is 5.82. The minimum absolute atomic E-state index is 0.00342. The van der Waals surface area contributed by atoms with Crippen molar-refractivity contribution in [2.45, 2.75) is 25.8 Å². The van der Waals surface area contributed by atoms with Gasteiger partial charge >= 0.3 is 0 Å². The first-order valence-corrected chi connectivity index (χ1v) is 5.82. The number of aryl methyl sites for hydroxylation is 3. The molecule has 2 aromatic rings. The van der Waals surface area contributed by atoms with Gasteiger partial charge in [-0.3, -0.25) is 4.68 Å². The topological polar surface area (TPSA) is 56.7 Å². The van der Waals surface area contributed by atoms with Crippen LogP contribution >= 0.6 is 0 Å². The molecule has 0 aliphatic carbocycles. The van der Waals surface area contributed by atoms with E-state index in [2.05, 4.69) is 41.5 Å². The number of nitrogens with two attached hydrogens (primary N) is 1. The molecule has 90 valence electrons. The van der Waals surface area contributed by atoms with Crippen molar-refractivity contribution >= 4 is 0 Å². The van der Waals surface area contributed by atoms with E-state index >= 15 is 0 Å². The molecule has 4 heteroatoms. The van der Waals surface area contributed by atoms with Gasteiger partial charge in [0.25, 0.3) is 0 Å². The Morgan fingerprint density at radius 2 is 2.00 bits per heavy atom. The van der Waals surface area contributed by atoms with E-state index in [0.29, 0.717) is 0 Å². The van der Waals surface area contributed by atoms with E-state index in [1.54, 1.807) is 10.9 Å². The fourth-order valence-corrected chi connectivity index (χ4v) is 1.86. The van der Waals surface area contributed by atoms with E-state index in [4.69, 9.17) is 5.73 Å². The lowest BCUT2D eigenvalue weighted by atomic mass is 10.0. The van der Waals surface area contributed by atoms with Crippen LogP contribution in [0.15, 0.2) is 30.5 Å². The second-order valence-electron chi connectivity index (χ2n) is 4.41. The van der Waals surface area contributed by atoms with Crippen molar-refractivity contribution in [3.8, 4) is 0 Å². The van der Waals surface area contributed by atoms with Crippen LogP contribution in [0, 0.1) is 6.92 Å². The Bertz CT molecular complexity index is 472. The number of rotatable bonds is 4. The minimum Gasteiger partial charge on any atom is -0.323 e. The molecule has 2 N–H and O–H groups in total. The molecule has 0 saturated carbocycles. The van der Waals surface area contributed by atoms with Crippen LogP contribution in [0.1, 0.15) is 29.3 Å². The second-order valence-corrected chi connectivity index (χ2v) is 4.41. The molecule has 2 rings (SSSR count). The normalized spacial score (nSPS) is 12.6. The van der Waals surface area contributed by atoms with Gasteiger partial charge in [-0.05, 0) is 25.3 Å². The molecule has 1 aromatic heterocycles.